The van der Waals surface area contributed by atoms with Crippen LogP contribution in [0.5, 0.6) is 5.75 Å². The van der Waals surface area contributed by atoms with Gasteiger partial charge in [-0.05, 0) is 37.3 Å². The van der Waals surface area contributed by atoms with Gasteiger partial charge in [0.2, 0.25) is 0 Å². The number of aromatic nitrogens is 4. The van der Waals surface area contributed by atoms with E-state index in [1.807, 2.05) is 0 Å². The van der Waals surface area contributed by atoms with Crippen molar-refractivity contribution in [1.29, 1.82) is 0 Å². The number of carbonyl (C=O) groups is 2. The number of nitrogens with zero attached hydrogens (tertiary/aromatic N) is 4. The van der Waals surface area contributed by atoms with E-state index in [1.54, 1.807) is 50.5 Å². The number of hydrogen-bond acceptors (Lipinski definition) is 6. The second kappa shape index (κ2) is 8.57. The van der Waals surface area contributed by atoms with Crippen LogP contribution >= 0.6 is 11.6 Å². The topological polar surface area (TPSA) is 100 Å². The molecule has 2 heterocycles. The van der Waals surface area contributed by atoms with E-state index in [0.29, 0.717) is 10.8 Å². The smallest absolute Gasteiger partial charge is 0.343 e. The molecule has 3 rings (SSSR count). The van der Waals surface area contributed by atoms with Gasteiger partial charge in [-0.1, -0.05) is 11.6 Å². The number of carbonyl (C=O) groups excluding carboxylic acids is 2. The fourth-order valence-corrected chi connectivity index (χ4v) is 2.47. The van der Waals surface area contributed by atoms with Crippen molar-refractivity contribution in [3.05, 3.63) is 59.0 Å². The summed E-state index contributed by atoms with van der Waals surface area (Å²) < 4.78 is 13.4. The molecule has 9 nitrogen and oxygen atoms in total. The molecule has 0 bridgehead atoms. The molecule has 0 aliphatic rings. The van der Waals surface area contributed by atoms with Crippen molar-refractivity contribution in [3.63, 3.8) is 0 Å². The molecule has 0 unspecified atom stereocenters. The summed E-state index contributed by atoms with van der Waals surface area (Å²) in [5, 5.41) is 11.4. The minimum absolute atomic E-state index is 0.120. The molecule has 2 aromatic heterocycles. The van der Waals surface area contributed by atoms with E-state index in [-0.39, 0.29) is 30.4 Å². The van der Waals surface area contributed by atoms with Crippen LogP contribution in [0, 0.1) is 0 Å². The Morgan fingerprint density at radius 1 is 1.21 bits per heavy atom. The number of halogens is 1. The summed E-state index contributed by atoms with van der Waals surface area (Å²) in [6, 6.07) is 8.44. The quantitative estimate of drug-likeness (QED) is 0.609. The van der Waals surface area contributed by atoms with Gasteiger partial charge in [0.05, 0.1) is 12.8 Å². The molecule has 1 N–H and O–H groups in total. The molecule has 0 saturated carbocycles. The molecular weight excluding hydrogens is 386 g/mol. The van der Waals surface area contributed by atoms with Crippen LogP contribution in [0.2, 0.25) is 5.02 Å². The lowest BCUT2D eigenvalue weighted by molar-refractivity contribution is 0.0527. The van der Waals surface area contributed by atoms with Crippen LogP contribution in [0.25, 0.3) is 0 Å². The molecule has 0 fully saturated rings. The normalized spacial score (nSPS) is 10.5. The Morgan fingerprint density at radius 3 is 2.68 bits per heavy atom. The number of amides is 1. The molecule has 10 heteroatoms. The second-order valence-corrected chi connectivity index (χ2v) is 6.11. The summed E-state index contributed by atoms with van der Waals surface area (Å²) >= 11 is 5.83. The van der Waals surface area contributed by atoms with Crippen molar-refractivity contribution in [3.8, 4) is 5.75 Å². The van der Waals surface area contributed by atoms with Crippen LogP contribution in [0.4, 0.5) is 5.82 Å². The van der Waals surface area contributed by atoms with Crippen LogP contribution in [0.3, 0.4) is 0 Å². The van der Waals surface area contributed by atoms with Crippen molar-refractivity contribution in [2.24, 2.45) is 7.05 Å². The van der Waals surface area contributed by atoms with Gasteiger partial charge >= 0.3 is 5.97 Å². The third-order valence-corrected chi connectivity index (χ3v) is 3.97. The highest BCUT2D eigenvalue weighted by Gasteiger charge is 2.20. The van der Waals surface area contributed by atoms with Gasteiger partial charge in [0, 0.05) is 18.3 Å². The lowest BCUT2D eigenvalue weighted by Gasteiger charge is -2.07. The molecule has 0 aliphatic carbocycles. The number of rotatable bonds is 7. The zero-order valence-electron chi connectivity index (χ0n) is 15.3. The molecule has 0 aliphatic heterocycles. The SMILES string of the molecule is CCOC(=O)c1cnn(C)c1NC(=O)c1ccn(COc2ccc(Cl)cc2)n1. The van der Waals surface area contributed by atoms with Crippen molar-refractivity contribution in [2.45, 2.75) is 13.7 Å². The first kappa shape index (κ1) is 19.4. The van der Waals surface area contributed by atoms with Gasteiger partial charge in [-0.15, -0.1) is 0 Å². The summed E-state index contributed by atoms with van der Waals surface area (Å²) in [6.07, 6.45) is 2.95. The third kappa shape index (κ3) is 4.49. The van der Waals surface area contributed by atoms with E-state index in [4.69, 9.17) is 21.1 Å². The number of ether oxygens (including phenoxy) is 2. The van der Waals surface area contributed by atoms with Gasteiger partial charge in [0.25, 0.3) is 5.91 Å². The predicted molar refractivity (Wildman–Crippen MR) is 101 cm³/mol. The van der Waals surface area contributed by atoms with E-state index in [2.05, 4.69) is 15.5 Å². The van der Waals surface area contributed by atoms with Gasteiger partial charge in [-0.3, -0.25) is 9.48 Å². The van der Waals surface area contributed by atoms with E-state index in [9.17, 15) is 9.59 Å². The van der Waals surface area contributed by atoms with Crippen LogP contribution in [-0.4, -0.2) is 38.0 Å². The van der Waals surface area contributed by atoms with Gasteiger partial charge in [-0.2, -0.15) is 10.2 Å². The van der Waals surface area contributed by atoms with Gasteiger partial charge in [0.1, 0.15) is 17.1 Å². The van der Waals surface area contributed by atoms with Crippen molar-refractivity contribution in [2.75, 3.05) is 11.9 Å². The minimum Gasteiger partial charge on any atom is -0.471 e. The van der Waals surface area contributed by atoms with Crippen molar-refractivity contribution >= 4 is 29.3 Å². The zero-order valence-corrected chi connectivity index (χ0v) is 16.0. The first-order valence-electron chi connectivity index (χ1n) is 8.40. The lowest BCUT2D eigenvalue weighted by Crippen LogP contribution is -2.18. The van der Waals surface area contributed by atoms with E-state index < -0.39 is 11.9 Å². The standard InChI is InChI=1S/C18H18ClN5O4/c1-3-27-18(26)14-10-20-23(2)16(14)21-17(25)15-8-9-24(22-15)11-28-13-6-4-12(19)5-7-13/h4-10H,3,11H2,1-2H3,(H,21,25). The van der Waals surface area contributed by atoms with Crippen molar-refractivity contribution < 1.29 is 19.1 Å². The highest BCUT2D eigenvalue weighted by atomic mass is 35.5. The van der Waals surface area contributed by atoms with Crippen LogP contribution < -0.4 is 10.1 Å². The van der Waals surface area contributed by atoms with Crippen LogP contribution in [0.15, 0.2) is 42.7 Å². The van der Waals surface area contributed by atoms with Crippen LogP contribution in [-0.2, 0) is 18.5 Å². The average molecular weight is 404 g/mol. The lowest BCUT2D eigenvalue weighted by atomic mass is 10.3. The molecule has 146 valence electrons. The monoisotopic (exact) mass is 403 g/mol. The van der Waals surface area contributed by atoms with Crippen molar-refractivity contribution in [1.82, 2.24) is 19.6 Å². The fourth-order valence-electron chi connectivity index (χ4n) is 2.34. The Kier molecular flexibility index (Phi) is 5.95. The molecule has 28 heavy (non-hydrogen) atoms. The molecule has 0 radical (unpaired) electrons. The molecular formula is C18H18ClN5O4. The largest absolute Gasteiger partial charge is 0.471 e. The summed E-state index contributed by atoms with van der Waals surface area (Å²) in [5.74, 6) is -0.192. The summed E-state index contributed by atoms with van der Waals surface area (Å²) in [5.41, 5.74) is 0.332. The Labute approximate surface area is 165 Å². The molecule has 3 aromatic rings. The number of aryl methyl sites for hydroxylation is 1. The maximum Gasteiger partial charge on any atom is 0.343 e. The Bertz CT molecular complexity index is 980. The highest BCUT2D eigenvalue weighted by Crippen LogP contribution is 2.17. The van der Waals surface area contributed by atoms with Gasteiger partial charge in [0.15, 0.2) is 12.4 Å². The molecule has 1 aromatic carbocycles. The molecule has 1 amide bonds. The van der Waals surface area contributed by atoms with E-state index >= 15 is 0 Å². The summed E-state index contributed by atoms with van der Waals surface area (Å²) in [7, 11) is 1.61. The third-order valence-electron chi connectivity index (χ3n) is 3.72. The Hall–Kier alpha value is -3.33. The fraction of sp³-hybridized carbons (Fsp3) is 0.222. The maximum atomic E-state index is 12.5. The first-order valence-corrected chi connectivity index (χ1v) is 8.78. The molecule has 0 spiro atoms. The van der Waals surface area contributed by atoms with Crippen LogP contribution in [0.1, 0.15) is 27.8 Å². The Balaban J connectivity index is 1.65. The maximum absolute atomic E-state index is 12.5. The first-order chi connectivity index (χ1) is 13.5. The number of anilines is 1. The minimum atomic E-state index is -0.562. The van der Waals surface area contributed by atoms with E-state index in [1.165, 1.54) is 15.6 Å². The predicted octanol–water partition coefficient (Wildman–Crippen LogP) is 2.74. The second-order valence-electron chi connectivity index (χ2n) is 5.67. The molecule has 0 saturated heterocycles. The zero-order chi connectivity index (χ0) is 20.1. The summed E-state index contributed by atoms with van der Waals surface area (Å²) in [4.78, 5) is 24.5. The highest BCUT2D eigenvalue weighted by molar-refractivity contribution is 6.30. The average Bonchev–Trinajstić information content (AvgIpc) is 3.29. The number of hydrogen-bond donors (Lipinski definition) is 1. The van der Waals surface area contributed by atoms with Gasteiger partial charge in [-0.25, -0.2) is 9.48 Å². The van der Waals surface area contributed by atoms with Gasteiger partial charge < -0.3 is 14.8 Å². The summed E-state index contributed by atoms with van der Waals surface area (Å²) in [6.45, 7) is 2.04. The Morgan fingerprint density at radius 2 is 1.96 bits per heavy atom. The number of benzene rings is 1. The number of nitrogens with one attached hydrogen (secondary N) is 1. The molecule has 0 atom stereocenters. The van der Waals surface area contributed by atoms with E-state index in [0.717, 1.165) is 0 Å². The number of esters is 1.